The van der Waals surface area contributed by atoms with Crippen molar-refractivity contribution in [3.8, 4) is 11.6 Å². The van der Waals surface area contributed by atoms with Crippen molar-refractivity contribution in [3.63, 3.8) is 0 Å². The smallest absolute Gasteiger partial charge is 0.373 e. The van der Waals surface area contributed by atoms with Crippen LogP contribution in [-0.4, -0.2) is 53.3 Å². The molecule has 0 amide bonds. The largest absolute Gasteiger partial charge is 0.469 e. The maximum absolute atomic E-state index is 11.9. The molecule has 0 spiro atoms. The van der Waals surface area contributed by atoms with Gasteiger partial charge in [-0.15, -0.1) is 0 Å². The minimum Gasteiger partial charge on any atom is -0.469 e. The van der Waals surface area contributed by atoms with Crippen molar-refractivity contribution >= 4 is 17.5 Å². The van der Waals surface area contributed by atoms with Crippen molar-refractivity contribution in [2.45, 2.75) is 38.9 Å². The van der Waals surface area contributed by atoms with Crippen molar-refractivity contribution in [3.05, 3.63) is 46.3 Å². The SMILES string of the molecule is COC(=O)CCc1ccccc1Oc1ncnc(N2CC(C)OC(C)C2)c1[N+](=O)[O-]. The fourth-order valence-corrected chi connectivity index (χ4v) is 3.42. The summed E-state index contributed by atoms with van der Waals surface area (Å²) >= 11 is 0. The number of anilines is 1. The monoisotopic (exact) mass is 416 g/mol. The number of para-hydroxylation sites is 1. The van der Waals surface area contributed by atoms with Crippen LogP contribution >= 0.6 is 0 Å². The lowest BCUT2D eigenvalue weighted by Gasteiger charge is -2.35. The molecule has 0 N–H and O–H groups in total. The average Bonchev–Trinajstić information content (AvgIpc) is 2.71. The molecule has 160 valence electrons. The Labute approximate surface area is 173 Å². The number of ether oxygens (including phenoxy) is 3. The molecule has 1 fully saturated rings. The van der Waals surface area contributed by atoms with Crippen LogP contribution in [0.5, 0.6) is 11.6 Å². The van der Waals surface area contributed by atoms with Crippen molar-refractivity contribution in [1.82, 2.24) is 9.97 Å². The van der Waals surface area contributed by atoms with Gasteiger partial charge in [0.25, 0.3) is 0 Å². The second kappa shape index (κ2) is 9.49. The van der Waals surface area contributed by atoms with E-state index in [9.17, 15) is 14.9 Å². The third-order valence-electron chi connectivity index (χ3n) is 4.68. The summed E-state index contributed by atoms with van der Waals surface area (Å²) in [5, 5.41) is 11.9. The van der Waals surface area contributed by atoms with Gasteiger partial charge < -0.3 is 19.1 Å². The molecule has 0 aliphatic carbocycles. The molecule has 3 rings (SSSR count). The summed E-state index contributed by atoms with van der Waals surface area (Å²) < 4.78 is 16.2. The molecule has 0 radical (unpaired) electrons. The van der Waals surface area contributed by atoms with Gasteiger partial charge in [-0.2, -0.15) is 4.98 Å². The van der Waals surface area contributed by atoms with Crippen LogP contribution in [0.25, 0.3) is 0 Å². The fraction of sp³-hybridized carbons (Fsp3) is 0.450. The third kappa shape index (κ3) is 5.01. The highest BCUT2D eigenvalue weighted by Gasteiger charge is 2.33. The van der Waals surface area contributed by atoms with Gasteiger partial charge in [-0.1, -0.05) is 18.2 Å². The summed E-state index contributed by atoms with van der Waals surface area (Å²) in [5.41, 5.74) is 0.410. The molecule has 1 aromatic heterocycles. The highest BCUT2D eigenvalue weighted by molar-refractivity contribution is 5.69. The quantitative estimate of drug-likeness (QED) is 0.381. The van der Waals surface area contributed by atoms with Gasteiger partial charge in [-0.05, 0) is 31.9 Å². The molecular formula is C20H24N4O6. The normalized spacial score (nSPS) is 18.7. The van der Waals surface area contributed by atoms with E-state index in [0.29, 0.717) is 30.8 Å². The molecule has 2 aromatic rings. The van der Waals surface area contributed by atoms with E-state index >= 15 is 0 Å². The number of nitrogens with zero attached hydrogens (tertiary/aromatic N) is 4. The van der Waals surface area contributed by atoms with Gasteiger partial charge >= 0.3 is 17.5 Å². The fourth-order valence-electron chi connectivity index (χ4n) is 3.42. The number of esters is 1. The number of hydrogen-bond acceptors (Lipinski definition) is 9. The summed E-state index contributed by atoms with van der Waals surface area (Å²) in [6.45, 7) is 4.75. The van der Waals surface area contributed by atoms with Gasteiger partial charge in [0.1, 0.15) is 12.1 Å². The lowest BCUT2D eigenvalue weighted by molar-refractivity contribution is -0.385. The van der Waals surface area contributed by atoms with E-state index in [2.05, 4.69) is 14.7 Å². The summed E-state index contributed by atoms with van der Waals surface area (Å²) in [7, 11) is 1.32. The molecule has 1 aliphatic rings. The van der Waals surface area contributed by atoms with E-state index in [1.807, 2.05) is 18.7 Å². The van der Waals surface area contributed by atoms with E-state index in [4.69, 9.17) is 9.47 Å². The van der Waals surface area contributed by atoms with E-state index in [1.54, 1.807) is 24.3 Å². The van der Waals surface area contributed by atoms with Crippen LogP contribution in [-0.2, 0) is 20.7 Å². The minimum absolute atomic E-state index is 0.0910. The summed E-state index contributed by atoms with van der Waals surface area (Å²) in [6.07, 6.45) is 1.60. The Kier molecular flexibility index (Phi) is 6.78. The Hall–Kier alpha value is -3.27. The molecule has 10 heteroatoms. The Morgan fingerprint density at radius 1 is 1.27 bits per heavy atom. The molecular weight excluding hydrogens is 392 g/mol. The number of nitro groups is 1. The van der Waals surface area contributed by atoms with E-state index < -0.39 is 4.92 Å². The molecule has 10 nitrogen and oxygen atoms in total. The Bertz CT molecular complexity index is 912. The highest BCUT2D eigenvalue weighted by Crippen LogP contribution is 2.38. The number of carbonyl (C=O) groups is 1. The molecule has 30 heavy (non-hydrogen) atoms. The van der Waals surface area contributed by atoms with E-state index in [-0.39, 0.29) is 42.0 Å². The minimum atomic E-state index is -0.535. The number of morpholine rings is 1. The van der Waals surface area contributed by atoms with Gasteiger partial charge in [-0.25, -0.2) is 4.98 Å². The van der Waals surface area contributed by atoms with Crippen LogP contribution in [0, 0.1) is 10.1 Å². The first-order chi connectivity index (χ1) is 14.4. The molecule has 2 atom stereocenters. The molecule has 1 aromatic carbocycles. The van der Waals surface area contributed by atoms with Crippen LogP contribution in [0.2, 0.25) is 0 Å². The summed E-state index contributed by atoms with van der Waals surface area (Å²) in [5.74, 6) is 0.0786. The zero-order valence-corrected chi connectivity index (χ0v) is 17.1. The predicted molar refractivity (Wildman–Crippen MR) is 108 cm³/mol. The van der Waals surface area contributed by atoms with Gasteiger partial charge in [0, 0.05) is 19.5 Å². The maximum atomic E-state index is 11.9. The van der Waals surface area contributed by atoms with Crippen molar-refractivity contribution < 1.29 is 23.9 Å². The molecule has 2 unspecified atom stereocenters. The second-order valence-electron chi connectivity index (χ2n) is 7.06. The summed E-state index contributed by atoms with van der Waals surface area (Å²) in [6, 6.07) is 7.01. The number of rotatable bonds is 7. The van der Waals surface area contributed by atoms with Crippen LogP contribution in [0.1, 0.15) is 25.8 Å². The Morgan fingerprint density at radius 3 is 2.63 bits per heavy atom. The van der Waals surface area contributed by atoms with Crippen molar-refractivity contribution in [2.24, 2.45) is 0 Å². The predicted octanol–water partition coefficient (Wildman–Crippen LogP) is 2.90. The molecule has 2 heterocycles. The molecule has 1 saturated heterocycles. The number of methoxy groups -OCH3 is 1. The van der Waals surface area contributed by atoms with Crippen LogP contribution in [0.15, 0.2) is 30.6 Å². The zero-order chi connectivity index (χ0) is 21.7. The second-order valence-corrected chi connectivity index (χ2v) is 7.06. The lowest BCUT2D eigenvalue weighted by atomic mass is 10.1. The first-order valence-corrected chi connectivity index (χ1v) is 9.61. The molecule has 0 saturated carbocycles. The number of hydrogen-bond donors (Lipinski definition) is 0. The van der Waals surface area contributed by atoms with E-state index in [1.165, 1.54) is 13.4 Å². The maximum Gasteiger partial charge on any atom is 0.373 e. The number of benzene rings is 1. The first-order valence-electron chi connectivity index (χ1n) is 9.61. The molecule has 1 aliphatic heterocycles. The third-order valence-corrected chi connectivity index (χ3v) is 4.68. The van der Waals surface area contributed by atoms with E-state index in [0.717, 1.165) is 0 Å². The van der Waals surface area contributed by atoms with Crippen molar-refractivity contribution in [1.29, 1.82) is 0 Å². The van der Waals surface area contributed by atoms with Crippen molar-refractivity contribution in [2.75, 3.05) is 25.1 Å². The van der Waals surface area contributed by atoms with Crippen LogP contribution in [0.3, 0.4) is 0 Å². The van der Waals surface area contributed by atoms with Crippen LogP contribution in [0.4, 0.5) is 11.5 Å². The van der Waals surface area contributed by atoms with Gasteiger partial charge in [-0.3, -0.25) is 14.9 Å². The number of aryl methyl sites for hydroxylation is 1. The van der Waals surface area contributed by atoms with Crippen LogP contribution < -0.4 is 9.64 Å². The van der Waals surface area contributed by atoms with Gasteiger partial charge in [0.2, 0.25) is 5.82 Å². The first kappa shape index (κ1) is 21.4. The zero-order valence-electron chi connectivity index (χ0n) is 17.1. The standard InChI is InChI=1S/C20H24N4O6/c1-13-10-23(11-14(2)29-13)19-18(24(26)27)20(22-12-21-19)30-16-7-5-4-6-15(16)8-9-17(25)28-3/h4-7,12-14H,8-11H2,1-3H3. The van der Waals surface area contributed by atoms with Gasteiger partial charge in [0.05, 0.1) is 24.2 Å². The number of aromatic nitrogens is 2. The molecule has 0 bridgehead atoms. The Morgan fingerprint density at radius 2 is 1.97 bits per heavy atom. The topological polar surface area (TPSA) is 117 Å². The Balaban J connectivity index is 1.92. The van der Waals surface area contributed by atoms with Gasteiger partial charge in [0.15, 0.2) is 0 Å². The lowest BCUT2D eigenvalue weighted by Crippen LogP contribution is -2.46. The summed E-state index contributed by atoms with van der Waals surface area (Å²) in [4.78, 5) is 32.8. The average molecular weight is 416 g/mol. The number of carbonyl (C=O) groups excluding carboxylic acids is 1. The highest BCUT2D eigenvalue weighted by atomic mass is 16.6.